The highest BCUT2D eigenvalue weighted by molar-refractivity contribution is 6.04. The van der Waals surface area contributed by atoms with Gasteiger partial charge in [-0.1, -0.05) is 20.8 Å². The van der Waals surface area contributed by atoms with Crippen molar-refractivity contribution in [1.29, 1.82) is 0 Å². The molecule has 0 bridgehead atoms. The number of imidazole rings is 1. The normalized spacial score (nSPS) is 13.0. The summed E-state index contributed by atoms with van der Waals surface area (Å²) in [5.41, 5.74) is 1.96. The Kier molecular flexibility index (Phi) is 9.01. The van der Waals surface area contributed by atoms with E-state index in [0.717, 1.165) is 5.69 Å². The zero-order chi connectivity index (χ0) is 25.5. The number of benzene rings is 2. The number of nitrogens with zero attached hydrogens (tertiary/aromatic N) is 2. The fourth-order valence-corrected chi connectivity index (χ4v) is 3.99. The van der Waals surface area contributed by atoms with Gasteiger partial charge in [-0.15, -0.1) is 0 Å². The second-order valence-corrected chi connectivity index (χ2v) is 8.91. The highest BCUT2D eigenvalue weighted by Gasteiger charge is 2.23. The Labute approximate surface area is 205 Å². The number of aromatic nitrogens is 2. The minimum atomic E-state index is -0.689. The van der Waals surface area contributed by atoms with Gasteiger partial charge in [0.2, 0.25) is 0 Å². The van der Waals surface area contributed by atoms with Crippen LogP contribution in [0.5, 0.6) is 5.75 Å². The molecule has 8 heteroatoms. The van der Waals surface area contributed by atoms with Gasteiger partial charge in [-0.25, -0.2) is 9.37 Å². The highest BCUT2D eigenvalue weighted by Crippen LogP contribution is 2.32. The standard InChI is InChI=1S/C27H34FN3O4/c1-5-21(32)16-22(33)14-15-31-24(17(2)3)25(29-26(31)18-6-10-20(28)11-7-18)30-27(34)19-8-12-23(35-4)13-9-19/h6-13,17,21-22,32-33H,5,14-16H2,1-4H3,(H,30,34). The van der Waals surface area contributed by atoms with Crippen LogP contribution in [0.3, 0.4) is 0 Å². The van der Waals surface area contributed by atoms with Gasteiger partial charge in [0.1, 0.15) is 17.4 Å². The van der Waals surface area contributed by atoms with E-state index < -0.39 is 12.2 Å². The van der Waals surface area contributed by atoms with Crippen molar-refractivity contribution in [3.63, 3.8) is 0 Å². The Bertz CT molecular complexity index is 1110. The summed E-state index contributed by atoms with van der Waals surface area (Å²) < 4.78 is 20.7. The van der Waals surface area contributed by atoms with E-state index in [0.29, 0.717) is 47.9 Å². The molecular formula is C27H34FN3O4. The fourth-order valence-electron chi connectivity index (χ4n) is 3.99. The molecule has 0 radical (unpaired) electrons. The molecule has 3 aromatic rings. The molecule has 1 amide bonds. The van der Waals surface area contributed by atoms with Gasteiger partial charge in [-0.2, -0.15) is 0 Å². The number of ether oxygens (including phenoxy) is 1. The molecule has 3 N–H and O–H groups in total. The van der Waals surface area contributed by atoms with Crippen LogP contribution in [-0.2, 0) is 6.54 Å². The van der Waals surface area contributed by atoms with E-state index in [1.807, 2.05) is 25.3 Å². The van der Waals surface area contributed by atoms with Crippen molar-refractivity contribution in [1.82, 2.24) is 9.55 Å². The van der Waals surface area contributed by atoms with E-state index in [9.17, 15) is 19.4 Å². The first-order valence-electron chi connectivity index (χ1n) is 11.9. The van der Waals surface area contributed by atoms with E-state index in [-0.39, 0.29) is 24.1 Å². The molecule has 1 heterocycles. The number of rotatable bonds is 11. The zero-order valence-corrected chi connectivity index (χ0v) is 20.7. The van der Waals surface area contributed by atoms with Gasteiger partial charge in [0.15, 0.2) is 5.82 Å². The number of halogens is 1. The predicted molar refractivity (Wildman–Crippen MR) is 134 cm³/mol. The first-order chi connectivity index (χ1) is 16.7. The number of nitrogens with one attached hydrogen (secondary N) is 1. The maximum absolute atomic E-state index is 13.6. The van der Waals surface area contributed by atoms with Crippen LogP contribution in [-0.4, -0.2) is 45.0 Å². The topological polar surface area (TPSA) is 96.6 Å². The maximum Gasteiger partial charge on any atom is 0.256 e. The Balaban J connectivity index is 1.97. The fraction of sp³-hybridized carbons (Fsp3) is 0.407. The molecule has 0 saturated heterocycles. The smallest absolute Gasteiger partial charge is 0.256 e. The van der Waals surface area contributed by atoms with Gasteiger partial charge in [-0.3, -0.25) is 4.79 Å². The van der Waals surface area contributed by atoms with Crippen LogP contribution >= 0.6 is 0 Å². The molecule has 0 aliphatic carbocycles. The van der Waals surface area contributed by atoms with E-state index in [1.165, 1.54) is 12.1 Å². The van der Waals surface area contributed by atoms with Crippen molar-refractivity contribution in [2.75, 3.05) is 12.4 Å². The number of hydrogen-bond acceptors (Lipinski definition) is 5. The van der Waals surface area contributed by atoms with Crippen molar-refractivity contribution in [3.05, 3.63) is 65.6 Å². The molecule has 1 aromatic heterocycles. The van der Waals surface area contributed by atoms with Gasteiger partial charge >= 0.3 is 0 Å². The lowest BCUT2D eigenvalue weighted by molar-refractivity contribution is 0.0711. The summed E-state index contributed by atoms with van der Waals surface area (Å²) >= 11 is 0. The molecule has 2 aromatic carbocycles. The molecule has 2 unspecified atom stereocenters. The first kappa shape index (κ1) is 26.4. The molecule has 35 heavy (non-hydrogen) atoms. The van der Waals surface area contributed by atoms with Gasteiger partial charge in [-0.05, 0) is 73.7 Å². The van der Waals surface area contributed by atoms with Crippen LogP contribution in [0.1, 0.15) is 62.0 Å². The molecule has 7 nitrogen and oxygen atoms in total. The molecule has 0 fully saturated rings. The van der Waals surface area contributed by atoms with Crippen molar-refractivity contribution in [2.24, 2.45) is 0 Å². The third kappa shape index (κ3) is 6.68. The molecule has 0 aliphatic heterocycles. The number of hydrogen-bond donors (Lipinski definition) is 3. The van der Waals surface area contributed by atoms with Crippen molar-refractivity contribution < 1.29 is 24.1 Å². The number of anilines is 1. The summed E-state index contributed by atoms with van der Waals surface area (Å²) in [6.07, 6.45) is 0.00318. The van der Waals surface area contributed by atoms with Crippen LogP contribution in [0.25, 0.3) is 11.4 Å². The Morgan fingerprint density at radius 3 is 2.31 bits per heavy atom. The molecular weight excluding hydrogens is 449 g/mol. The Morgan fingerprint density at radius 2 is 1.74 bits per heavy atom. The van der Waals surface area contributed by atoms with Gasteiger partial charge in [0.25, 0.3) is 5.91 Å². The van der Waals surface area contributed by atoms with E-state index in [2.05, 4.69) is 5.32 Å². The van der Waals surface area contributed by atoms with Gasteiger partial charge in [0.05, 0.1) is 25.0 Å². The minimum Gasteiger partial charge on any atom is -0.497 e. The number of aliphatic hydroxyl groups excluding tert-OH is 2. The van der Waals surface area contributed by atoms with Crippen LogP contribution in [0, 0.1) is 5.82 Å². The second kappa shape index (κ2) is 12.0. The third-order valence-corrected chi connectivity index (χ3v) is 5.94. The molecule has 3 rings (SSSR count). The second-order valence-electron chi connectivity index (χ2n) is 8.91. The van der Waals surface area contributed by atoms with Crippen LogP contribution in [0.15, 0.2) is 48.5 Å². The van der Waals surface area contributed by atoms with E-state index in [1.54, 1.807) is 43.5 Å². The molecule has 188 valence electrons. The van der Waals surface area contributed by atoms with E-state index in [4.69, 9.17) is 9.72 Å². The van der Waals surface area contributed by atoms with Crippen LogP contribution in [0.2, 0.25) is 0 Å². The average molecular weight is 484 g/mol. The number of carbonyl (C=O) groups excluding carboxylic acids is 1. The summed E-state index contributed by atoms with van der Waals surface area (Å²) in [5.74, 6) is 0.981. The number of carbonyl (C=O) groups is 1. The zero-order valence-electron chi connectivity index (χ0n) is 20.7. The van der Waals surface area contributed by atoms with Crippen molar-refractivity contribution in [3.8, 4) is 17.1 Å². The minimum absolute atomic E-state index is 0.00115. The lowest BCUT2D eigenvalue weighted by Gasteiger charge is -2.19. The highest BCUT2D eigenvalue weighted by atomic mass is 19.1. The average Bonchev–Trinajstić information content (AvgIpc) is 3.21. The summed E-state index contributed by atoms with van der Waals surface area (Å²) in [7, 11) is 1.56. The monoisotopic (exact) mass is 483 g/mol. The van der Waals surface area contributed by atoms with Crippen LogP contribution < -0.4 is 10.1 Å². The molecule has 0 saturated carbocycles. The lowest BCUT2D eigenvalue weighted by atomic mass is 10.1. The maximum atomic E-state index is 13.6. The summed E-state index contributed by atoms with van der Waals surface area (Å²) in [6, 6.07) is 12.8. The summed E-state index contributed by atoms with van der Waals surface area (Å²) in [6.45, 7) is 6.29. The Morgan fingerprint density at radius 1 is 1.09 bits per heavy atom. The van der Waals surface area contributed by atoms with Crippen molar-refractivity contribution >= 4 is 11.7 Å². The van der Waals surface area contributed by atoms with Gasteiger partial charge in [0, 0.05) is 17.7 Å². The summed E-state index contributed by atoms with van der Waals surface area (Å²) in [5, 5.41) is 23.3. The van der Waals surface area contributed by atoms with Gasteiger partial charge < -0.3 is 24.8 Å². The lowest BCUT2D eigenvalue weighted by Crippen LogP contribution is -2.20. The number of amides is 1. The molecule has 0 spiro atoms. The third-order valence-electron chi connectivity index (χ3n) is 5.94. The molecule has 2 atom stereocenters. The predicted octanol–water partition coefficient (Wildman–Crippen LogP) is 4.99. The van der Waals surface area contributed by atoms with E-state index >= 15 is 0 Å². The quantitative estimate of drug-likeness (QED) is 0.357. The number of methoxy groups -OCH3 is 1. The molecule has 0 aliphatic rings. The first-order valence-corrected chi connectivity index (χ1v) is 11.9. The van der Waals surface area contributed by atoms with Crippen LogP contribution in [0.4, 0.5) is 10.2 Å². The largest absolute Gasteiger partial charge is 0.497 e. The Hall–Kier alpha value is -3.23. The van der Waals surface area contributed by atoms with Crippen molar-refractivity contribution in [2.45, 2.75) is 64.7 Å². The SMILES string of the molecule is CCC(O)CC(O)CCn1c(-c2ccc(F)cc2)nc(NC(=O)c2ccc(OC)cc2)c1C(C)C. The summed E-state index contributed by atoms with van der Waals surface area (Å²) in [4.78, 5) is 17.7. The number of aliphatic hydroxyl groups is 2.